The van der Waals surface area contributed by atoms with E-state index in [1.54, 1.807) is 0 Å². The third-order valence-corrected chi connectivity index (χ3v) is 12.8. The third-order valence-electron chi connectivity index (χ3n) is 12.8. The van der Waals surface area contributed by atoms with Gasteiger partial charge in [-0.05, 0) is 50.6 Å². The Kier molecular flexibility index (Phi) is 7.16. The van der Waals surface area contributed by atoms with Gasteiger partial charge in [0.15, 0.2) is 17.5 Å². The zero-order valence-electron chi connectivity index (χ0n) is 32.6. The molecule has 2 heterocycles. The third kappa shape index (κ3) is 4.74. The molecule has 8 aromatic carbocycles. The Morgan fingerprint density at radius 3 is 1.47 bits per heavy atom. The molecule has 12 rings (SSSR count). The van der Waals surface area contributed by atoms with E-state index in [1.165, 1.54) is 38.9 Å². The van der Waals surface area contributed by atoms with Crippen LogP contribution in [0.2, 0.25) is 0 Å². The highest BCUT2D eigenvalue weighted by atomic mass is 16.5. The fourth-order valence-electron chi connectivity index (χ4n) is 10.1. The van der Waals surface area contributed by atoms with Gasteiger partial charge in [-0.3, -0.25) is 0 Å². The molecule has 0 atom stereocenters. The number of ether oxygens (including phenoxy) is 1. The number of rotatable bonds is 4. The van der Waals surface area contributed by atoms with Crippen LogP contribution < -0.4 is 4.74 Å². The number of benzene rings is 8. The van der Waals surface area contributed by atoms with Crippen LogP contribution in [0.5, 0.6) is 11.5 Å². The minimum Gasteiger partial charge on any atom is -0.456 e. The van der Waals surface area contributed by atoms with E-state index in [1.807, 2.05) is 24.3 Å². The van der Waals surface area contributed by atoms with Crippen LogP contribution in [-0.4, -0.2) is 15.0 Å². The van der Waals surface area contributed by atoms with Crippen LogP contribution in [0.15, 0.2) is 188 Å². The number of para-hydroxylation sites is 1. The predicted octanol–water partition coefficient (Wildman–Crippen LogP) is 13.3. The lowest BCUT2D eigenvalue weighted by atomic mass is 9.65. The summed E-state index contributed by atoms with van der Waals surface area (Å²) >= 11 is 0. The molecule has 0 bridgehead atoms. The van der Waals surface area contributed by atoms with Gasteiger partial charge in [0.2, 0.25) is 0 Å². The van der Waals surface area contributed by atoms with Crippen molar-refractivity contribution in [2.24, 2.45) is 0 Å². The average molecular weight is 756 g/mol. The van der Waals surface area contributed by atoms with Crippen LogP contribution in [0.4, 0.5) is 0 Å². The molecule has 2 aliphatic carbocycles. The molecule has 0 fully saturated rings. The molecule has 9 aromatic rings. The quantitative estimate of drug-likeness (QED) is 0.179. The van der Waals surface area contributed by atoms with Crippen LogP contribution in [-0.2, 0) is 10.8 Å². The molecule has 1 spiro atoms. The van der Waals surface area contributed by atoms with E-state index in [0.717, 1.165) is 56.0 Å². The second kappa shape index (κ2) is 12.5. The van der Waals surface area contributed by atoms with E-state index in [9.17, 15) is 0 Å². The Morgan fingerprint density at radius 1 is 0.339 bits per heavy atom. The highest BCUT2D eigenvalue weighted by molar-refractivity contribution is 5.98. The summed E-state index contributed by atoms with van der Waals surface area (Å²) in [6, 6.07) is 66.8. The van der Waals surface area contributed by atoms with Gasteiger partial charge in [-0.1, -0.05) is 196 Å². The predicted molar refractivity (Wildman–Crippen MR) is 237 cm³/mol. The Balaban J connectivity index is 1.11. The summed E-state index contributed by atoms with van der Waals surface area (Å²) in [4.78, 5) is 15.7. The van der Waals surface area contributed by atoms with Gasteiger partial charge in [-0.25, -0.2) is 15.0 Å². The van der Waals surface area contributed by atoms with Gasteiger partial charge in [-0.15, -0.1) is 0 Å². The summed E-state index contributed by atoms with van der Waals surface area (Å²) < 4.78 is 7.26. The van der Waals surface area contributed by atoms with E-state index in [4.69, 9.17) is 19.7 Å². The molecule has 278 valence electrons. The largest absolute Gasteiger partial charge is 0.456 e. The summed E-state index contributed by atoms with van der Waals surface area (Å²) in [7, 11) is 0. The smallest absolute Gasteiger partial charge is 0.164 e. The lowest BCUT2D eigenvalue weighted by Crippen LogP contribution is -2.32. The minimum absolute atomic E-state index is 0.319. The summed E-state index contributed by atoms with van der Waals surface area (Å²) in [6.07, 6.45) is 0. The van der Waals surface area contributed by atoms with Gasteiger partial charge < -0.3 is 4.74 Å². The van der Waals surface area contributed by atoms with Gasteiger partial charge in [0.25, 0.3) is 0 Å². The standard InChI is InChI=1S/C55H37N3O/c1-54(2)44-26-15-22-40(53-57-51(36-18-7-4-8-19-36)56-52(58-53)37-30-28-35(29-31-37)34-16-5-3-6-17-34)48(44)49-45(54)32-33-46-50(49)59-47-27-14-13-25-43(47)55(46)41-23-11-9-20-38(41)39-21-10-12-24-42(39)55/h3-33H,1-2H3. The van der Waals surface area contributed by atoms with Crippen molar-refractivity contribution in [1.82, 2.24) is 15.0 Å². The second-order valence-electron chi connectivity index (χ2n) is 16.3. The average Bonchev–Trinajstić information content (AvgIpc) is 3.73. The van der Waals surface area contributed by atoms with Gasteiger partial charge in [0.1, 0.15) is 11.5 Å². The van der Waals surface area contributed by atoms with E-state index in [-0.39, 0.29) is 5.41 Å². The molecule has 0 radical (unpaired) electrons. The monoisotopic (exact) mass is 755 g/mol. The van der Waals surface area contributed by atoms with Crippen molar-refractivity contribution < 1.29 is 4.74 Å². The lowest BCUT2D eigenvalue weighted by molar-refractivity contribution is 0.437. The van der Waals surface area contributed by atoms with Crippen LogP contribution in [0.1, 0.15) is 47.2 Å². The number of nitrogens with zero attached hydrogens (tertiary/aromatic N) is 3. The first-order chi connectivity index (χ1) is 29.0. The molecule has 4 nitrogen and oxygen atoms in total. The van der Waals surface area contributed by atoms with E-state index in [2.05, 4.69) is 178 Å². The van der Waals surface area contributed by atoms with E-state index in [0.29, 0.717) is 17.5 Å². The number of aromatic nitrogens is 3. The van der Waals surface area contributed by atoms with Crippen molar-refractivity contribution in [3.8, 4) is 79.0 Å². The first-order valence-corrected chi connectivity index (χ1v) is 20.3. The van der Waals surface area contributed by atoms with Crippen molar-refractivity contribution in [2.45, 2.75) is 24.7 Å². The molecule has 0 unspecified atom stereocenters. The molecule has 59 heavy (non-hydrogen) atoms. The maximum Gasteiger partial charge on any atom is 0.164 e. The molecule has 0 amide bonds. The number of fused-ring (bicyclic) bond motifs is 13. The normalized spacial score (nSPS) is 14.3. The Morgan fingerprint density at radius 2 is 0.797 bits per heavy atom. The molecule has 3 aliphatic rings. The van der Waals surface area contributed by atoms with E-state index >= 15 is 0 Å². The molecule has 4 heteroatoms. The fraction of sp³-hybridized carbons (Fsp3) is 0.0727. The summed E-state index contributed by atoms with van der Waals surface area (Å²) in [5, 5.41) is 0. The van der Waals surface area contributed by atoms with Gasteiger partial charge >= 0.3 is 0 Å². The molecule has 1 aromatic heterocycles. The van der Waals surface area contributed by atoms with E-state index < -0.39 is 5.41 Å². The highest BCUT2D eigenvalue weighted by Crippen LogP contribution is 2.66. The number of hydrogen-bond acceptors (Lipinski definition) is 4. The summed E-state index contributed by atoms with van der Waals surface area (Å²) in [5.74, 6) is 3.65. The van der Waals surface area contributed by atoms with Crippen LogP contribution in [0.25, 0.3) is 67.5 Å². The molecule has 0 saturated heterocycles. The van der Waals surface area contributed by atoms with Crippen molar-refractivity contribution in [2.75, 3.05) is 0 Å². The second-order valence-corrected chi connectivity index (χ2v) is 16.3. The summed E-state index contributed by atoms with van der Waals surface area (Å²) in [5.41, 5.74) is 16.3. The topological polar surface area (TPSA) is 47.9 Å². The zero-order valence-corrected chi connectivity index (χ0v) is 32.6. The molecule has 0 saturated carbocycles. The Bertz CT molecular complexity index is 3110. The van der Waals surface area contributed by atoms with Crippen molar-refractivity contribution in [3.63, 3.8) is 0 Å². The van der Waals surface area contributed by atoms with Crippen molar-refractivity contribution >= 4 is 0 Å². The molecular weight excluding hydrogens is 719 g/mol. The number of hydrogen-bond donors (Lipinski definition) is 0. The van der Waals surface area contributed by atoms with Crippen molar-refractivity contribution in [3.05, 3.63) is 221 Å². The fourth-order valence-corrected chi connectivity index (χ4v) is 10.1. The molecule has 0 N–H and O–H groups in total. The molecule has 1 aliphatic heterocycles. The summed E-state index contributed by atoms with van der Waals surface area (Å²) in [6.45, 7) is 4.64. The first-order valence-electron chi connectivity index (χ1n) is 20.3. The minimum atomic E-state index is -0.568. The van der Waals surface area contributed by atoms with Crippen LogP contribution >= 0.6 is 0 Å². The highest BCUT2D eigenvalue weighted by Gasteiger charge is 2.53. The SMILES string of the molecule is CC1(C)c2cccc(-c3nc(-c4ccccc4)nc(-c4ccc(-c5ccccc5)cc4)n3)c2-c2c1ccc1c2Oc2ccccc2C12c1ccccc1-c1ccccc12. The zero-order chi connectivity index (χ0) is 39.3. The lowest BCUT2D eigenvalue weighted by Gasteiger charge is -2.40. The van der Waals surface area contributed by atoms with Gasteiger partial charge in [-0.2, -0.15) is 0 Å². The maximum atomic E-state index is 7.26. The Hall–Kier alpha value is -7.43. The first kappa shape index (κ1) is 33.7. The van der Waals surface area contributed by atoms with Crippen LogP contribution in [0, 0.1) is 0 Å². The molecular formula is C55H37N3O. The van der Waals surface area contributed by atoms with Gasteiger partial charge in [0, 0.05) is 44.4 Å². The Labute approximate surface area is 343 Å². The van der Waals surface area contributed by atoms with Gasteiger partial charge in [0.05, 0.1) is 5.41 Å². The van der Waals surface area contributed by atoms with Crippen LogP contribution in [0.3, 0.4) is 0 Å². The van der Waals surface area contributed by atoms with Crippen molar-refractivity contribution in [1.29, 1.82) is 0 Å². The maximum absolute atomic E-state index is 7.26.